The number of nitrogens with one attached hydrogen (secondary N) is 1. The van der Waals surface area contributed by atoms with Crippen molar-refractivity contribution in [2.45, 2.75) is 66.3 Å². The third-order valence-corrected chi connectivity index (χ3v) is 14.3. The van der Waals surface area contributed by atoms with Gasteiger partial charge in [-0.25, -0.2) is 9.97 Å². The lowest BCUT2D eigenvalue weighted by molar-refractivity contribution is -0.145. The maximum atomic E-state index is 11.6. The first kappa shape index (κ1) is 73.4. The number of anilines is 2. The van der Waals surface area contributed by atoms with Crippen LogP contribution in [0, 0.1) is 20.8 Å². The van der Waals surface area contributed by atoms with E-state index in [9.17, 15) is 33.6 Å². The number of carbonyl (C=O) groups excluding carboxylic acids is 4. The first-order chi connectivity index (χ1) is 38.7. The van der Waals surface area contributed by atoms with Gasteiger partial charge in [0.1, 0.15) is 13.2 Å². The molecule has 2 aromatic heterocycles. The summed E-state index contributed by atoms with van der Waals surface area (Å²) < 4.78 is 12.3. The number of carboxylic acid groups (broad SMARTS) is 3. The van der Waals surface area contributed by atoms with Crippen LogP contribution in [0.5, 0.6) is 0 Å². The number of carbonyl (C=O) groups is 7. The number of carboxylic acids is 3. The topological polar surface area (TPSA) is 283 Å². The molecule has 0 fully saturated rings. The van der Waals surface area contributed by atoms with Crippen molar-refractivity contribution in [1.29, 1.82) is 0 Å². The van der Waals surface area contributed by atoms with Crippen molar-refractivity contribution >= 4 is 174 Å². The number of para-hydroxylation sites is 2. The summed E-state index contributed by atoms with van der Waals surface area (Å²) in [4.78, 5) is 82.0. The lowest BCUT2D eigenvalue weighted by Gasteiger charge is -2.05. The van der Waals surface area contributed by atoms with Crippen LogP contribution < -0.4 is 11.1 Å². The number of thiol groups is 1. The summed E-state index contributed by atoms with van der Waals surface area (Å²) in [6.45, 7) is 6.83. The first-order valence-corrected chi connectivity index (χ1v) is 31.4. The van der Waals surface area contributed by atoms with E-state index in [1.807, 2.05) is 142 Å². The fraction of sp³-hybridized carbons (Fsp3) is 0.304. The number of esters is 2. The number of hydrogen-bond donors (Lipinski definition) is 7. The number of aliphatic hydroxyl groups excluding tert-OH is 1. The van der Waals surface area contributed by atoms with E-state index in [0.717, 1.165) is 42.7 Å². The number of benzene rings is 5. The molecule has 7 N–H and O–H groups in total. The van der Waals surface area contributed by atoms with Gasteiger partial charge in [-0.15, -0.1) is 11.8 Å². The number of thioether (sulfide) groups is 2. The Kier molecular flexibility index (Phi) is 40.8. The second kappa shape index (κ2) is 45.0. The Morgan fingerprint density at radius 2 is 1.02 bits per heavy atom. The summed E-state index contributed by atoms with van der Waals surface area (Å²) in [7, 11) is 0. The van der Waals surface area contributed by atoms with Gasteiger partial charge in [0.2, 0.25) is 11.1 Å². The van der Waals surface area contributed by atoms with Crippen molar-refractivity contribution in [2.24, 2.45) is 0 Å². The van der Waals surface area contributed by atoms with E-state index in [2.05, 4.69) is 59.8 Å². The highest BCUT2D eigenvalue weighted by Gasteiger charge is 2.09. The molecule has 0 radical (unpaired) electrons. The maximum Gasteiger partial charge on any atom is 0.313 e. The standard InChI is InChI=1S/C13H16O4S.C12H12N2O3S2.C11H13BrO2.C8H10O.C7H6N2S.C3H4BrClO.C2H4O2S/c1-10-2-4-11(5-3-10)8-17-13(16)6-7-18-9-12(14)15;15-10(7-18-6-5-11(16)17)14-12-13-8-3-1-2-4-9(8)19-12;1-9-2-4-10(5-3-9)8-14-11(13)6-7-12;1-7-2-4-8(6-9)5-3-7;8-7-9-5-3-1-2-4-6(5)10-7;4-2-1-3(5)6;3-2(4)1-5/h2-5H,6-9H2,1H3,(H,14,15);1-4H,5-7H2,(H,16,17)(H,13,14,15);2-5H,6-8H2,1H3;2-5,9H,6H2,1H3;1-4H,(H2,8,9);1-2H2;5H,1H2,(H,3,4). The number of halogens is 3. The number of aryl methyl sites for hydroxylation is 3. The van der Waals surface area contributed by atoms with Crippen molar-refractivity contribution in [3.05, 3.63) is 155 Å². The van der Waals surface area contributed by atoms with E-state index in [1.165, 1.54) is 57.3 Å². The van der Waals surface area contributed by atoms with Crippen LogP contribution in [0.3, 0.4) is 0 Å². The van der Waals surface area contributed by atoms with Gasteiger partial charge < -0.3 is 41.0 Å². The average Bonchev–Trinajstić information content (AvgIpc) is 4.04. The molecule has 7 rings (SSSR count). The maximum absolute atomic E-state index is 11.6. The molecule has 0 atom stereocenters. The number of alkyl halides is 2. The highest BCUT2D eigenvalue weighted by atomic mass is 79.9. The molecule has 0 aliphatic rings. The number of hydrogen-bond acceptors (Lipinski definition) is 18. The molecular weight excluding hydrogens is 1290 g/mol. The molecule has 7 aromatic rings. The van der Waals surface area contributed by atoms with Crippen LogP contribution in [-0.4, -0.2) is 111 Å². The minimum atomic E-state index is -0.881. The third kappa shape index (κ3) is 38.7. The van der Waals surface area contributed by atoms with Crippen LogP contribution in [0.15, 0.2) is 121 Å². The Balaban J connectivity index is 0.000000493. The van der Waals surface area contributed by atoms with Crippen LogP contribution in [0.1, 0.15) is 59.1 Å². The molecule has 5 aromatic carbocycles. The van der Waals surface area contributed by atoms with Gasteiger partial charge in [-0.05, 0) is 73.3 Å². The Hall–Kier alpha value is -5.57. The zero-order valence-corrected chi connectivity index (χ0v) is 52.7. The monoisotopic (exact) mass is 1350 g/mol. The lowest BCUT2D eigenvalue weighted by Crippen LogP contribution is -2.14. The highest BCUT2D eigenvalue weighted by molar-refractivity contribution is 9.09. The number of nitrogen functional groups attached to an aromatic ring is 1. The summed E-state index contributed by atoms with van der Waals surface area (Å²) >= 11 is 20.0. The molecule has 438 valence electrons. The van der Waals surface area contributed by atoms with E-state index in [0.29, 0.717) is 51.9 Å². The minimum absolute atomic E-state index is 0.0191. The molecule has 2 heterocycles. The molecular formula is C56H65Br2ClN4O13S5. The van der Waals surface area contributed by atoms with Crippen LogP contribution in [-0.2, 0) is 62.9 Å². The van der Waals surface area contributed by atoms with Crippen LogP contribution >= 0.6 is 102 Å². The number of nitrogens with two attached hydrogens (primary N) is 1. The molecule has 1 amide bonds. The van der Waals surface area contributed by atoms with Crippen LogP contribution in [0.4, 0.5) is 10.3 Å². The van der Waals surface area contributed by atoms with Gasteiger partial charge in [-0.3, -0.25) is 33.6 Å². The number of thiazole rings is 2. The summed E-state index contributed by atoms with van der Waals surface area (Å²) in [5.41, 5.74) is 13.9. The van der Waals surface area contributed by atoms with E-state index in [1.54, 1.807) is 0 Å². The van der Waals surface area contributed by atoms with Gasteiger partial charge in [-0.1, -0.05) is 168 Å². The number of fused-ring (bicyclic) bond motifs is 2. The molecule has 0 bridgehead atoms. The number of aliphatic hydroxyl groups is 1. The summed E-state index contributed by atoms with van der Waals surface area (Å²) in [5.74, 6) is -2.14. The van der Waals surface area contributed by atoms with E-state index >= 15 is 0 Å². The summed E-state index contributed by atoms with van der Waals surface area (Å²) in [6.07, 6.45) is 1.15. The van der Waals surface area contributed by atoms with Gasteiger partial charge in [-0.2, -0.15) is 24.4 Å². The lowest BCUT2D eigenvalue weighted by atomic mass is 10.2. The molecule has 25 heteroatoms. The van der Waals surface area contributed by atoms with E-state index in [-0.39, 0.29) is 66.4 Å². The molecule has 17 nitrogen and oxygen atoms in total. The van der Waals surface area contributed by atoms with Gasteiger partial charge in [0.25, 0.3) is 0 Å². The number of nitrogens with zero attached hydrogens (tertiary/aromatic N) is 2. The van der Waals surface area contributed by atoms with E-state index < -0.39 is 17.9 Å². The Labute approximate surface area is 514 Å². The fourth-order valence-corrected chi connectivity index (χ4v) is 9.27. The Morgan fingerprint density at radius 3 is 1.43 bits per heavy atom. The number of rotatable bonds is 21. The van der Waals surface area contributed by atoms with Gasteiger partial charge in [0.05, 0.1) is 63.6 Å². The number of ether oxygens (including phenoxy) is 2. The van der Waals surface area contributed by atoms with Gasteiger partial charge in [0, 0.05) is 28.6 Å². The normalized spacial score (nSPS) is 9.83. The Bertz CT molecular complexity index is 2890. The smallest absolute Gasteiger partial charge is 0.313 e. The number of aromatic nitrogens is 2. The third-order valence-electron chi connectivity index (χ3n) is 9.29. The van der Waals surface area contributed by atoms with Crippen molar-refractivity contribution < 1.29 is 63.5 Å². The molecule has 0 saturated heterocycles. The number of amides is 1. The predicted molar refractivity (Wildman–Crippen MR) is 340 cm³/mol. The van der Waals surface area contributed by atoms with Crippen molar-refractivity contribution in [3.63, 3.8) is 0 Å². The number of aliphatic carboxylic acids is 3. The SMILES string of the molecule is Cc1ccc(CO)cc1.Cc1ccc(COC(=O)CCBr)cc1.Cc1ccc(COC(=O)CCSCC(=O)O)cc1.Nc1nc2ccccc2s1.O=C(Cl)CCBr.O=C(O)CCSCC(=O)Nc1nc2ccccc2s1.O=C(O)CS. The minimum Gasteiger partial charge on any atom is -0.481 e. The molecule has 0 aliphatic heterocycles. The summed E-state index contributed by atoms with van der Waals surface area (Å²) in [5, 5.41) is 38.1. The highest BCUT2D eigenvalue weighted by Crippen LogP contribution is 2.26. The molecule has 0 saturated carbocycles. The zero-order chi connectivity index (χ0) is 60.4. The van der Waals surface area contributed by atoms with E-state index in [4.69, 9.17) is 47.2 Å². The molecule has 0 spiro atoms. The quantitative estimate of drug-likeness (QED) is 0.0116. The van der Waals surface area contributed by atoms with Crippen molar-refractivity contribution in [1.82, 2.24) is 9.97 Å². The fourth-order valence-electron chi connectivity index (χ4n) is 5.30. The predicted octanol–water partition coefficient (Wildman–Crippen LogP) is 12.4. The summed E-state index contributed by atoms with van der Waals surface area (Å²) in [6, 6.07) is 39.1. The first-order valence-electron chi connectivity index (χ1n) is 24.2. The molecule has 81 heavy (non-hydrogen) atoms. The van der Waals surface area contributed by atoms with Crippen molar-refractivity contribution in [3.8, 4) is 0 Å². The largest absolute Gasteiger partial charge is 0.481 e. The zero-order valence-electron chi connectivity index (χ0n) is 44.6. The Morgan fingerprint density at radius 1 is 0.593 bits per heavy atom. The van der Waals surface area contributed by atoms with Crippen LogP contribution in [0.25, 0.3) is 20.4 Å². The molecule has 0 unspecified atom stereocenters. The van der Waals surface area contributed by atoms with Gasteiger partial charge >= 0.3 is 29.8 Å². The second-order valence-electron chi connectivity index (χ2n) is 16.2. The average molecular weight is 1360 g/mol. The van der Waals surface area contributed by atoms with Gasteiger partial charge in [0.15, 0.2) is 10.3 Å². The molecule has 0 aliphatic carbocycles. The van der Waals surface area contributed by atoms with Crippen molar-refractivity contribution in [2.75, 3.05) is 50.5 Å². The van der Waals surface area contributed by atoms with Crippen LogP contribution in [0.2, 0.25) is 0 Å². The second-order valence-corrected chi connectivity index (χ2v) is 22.8.